The van der Waals surface area contributed by atoms with E-state index in [9.17, 15) is 22.4 Å². The van der Waals surface area contributed by atoms with E-state index in [1.165, 1.54) is 24.3 Å². The Kier molecular flexibility index (Phi) is 7.47. The number of hydrogen-bond donors (Lipinski definition) is 1. The van der Waals surface area contributed by atoms with Gasteiger partial charge in [-0.3, -0.25) is 14.7 Å². The van der Waals surface area contributed by atoms with Crippen LogP contribution in [0.5, 0.6) is 5.75 Å². The molecule has 1 N–H and O–H groups in total. The normalized spacial score (nSPS) is 14.5. The minimum absolute atomic E-state index is 0.00649. The molecule has 0 atom stereocenters. The van der Waals surface area contributed by atoms with Crippen LogP contribution in [0.4, 0.5) is 17.6 Å². The molecule has 1 aliphatic rings. The number of ether oxygens (including phenoxy) is 1. The summed E-state index contributed by atoms with van der Waals surface area (Å²) in [6.07, 6.45) is -2.48. The second-order valence-corrected chi connectivity index (χ2v) is 8.45. The first kappa shape index (κ1) is 24.8. The summed E-state index contributed by atoms with van der Waals surface area (Å²) in [5, 5.41) is 8.83. The van der Waals surface area contributed by atoms with Crippen molar-refractivity contribution in [2.75, 3.05) is 19.7 Å². The maximum Gasteiger partial charge on any atom is 0.416 e. The first-order chi connectivity index (χ1) is 16.7. The highest BCUT2D eigenvalue weighted by Crippen LogP contribution is 2.30. The molecule has 9 heteroatoms. The summed E-state index contributed by atoms with van der Waals surface area (Å²) >= 11 is 0. The first-order valence-electron chi connectivity index (χ1n) is 11.2. The van der Waals surface area contributed by atoms with Crippen LogP contribution in [0.15, 0.2) is 60.8 Å². The van der Waals surface area contributed by atoms with E-state index in [4.69, 9.17) is 9.84 Å². The highest BCUT2D eigenvalue weighted by molar-refractivity contribution is 5.96. The van der Waals surface area contributed by atoms with Crippen LogP contribution in [0.3, 0.4) is 0 Å². The number of ketones is 1. The lowest BCUT2D eigenvalue weighted by molar-refractivity contribution is -0.137. The van der Waals surface area contributed by atoms with Crippen molar-refractivity contribution in [2.45, 2.75) is 31.7 Å². The molecule has 0 amide bonds. The van der Waals surface area contributed by atoms with Gasteiger partial charge in [-0.2, -0.15) is 13.2 Å². The predicted octanol–water partition coefficient (Wildman–Crippen LogP) is 5.12. The fraction of sp³-hybridized carbons (Fsp3) is 0.308. The Morgan fingerprint density at radius 2 is 1.83 bits per heavy atom. The molecule has 0 bridgehead atoms. The maximum absolute atomic E-state index is 14.4. The smallest absolute Gasteiger partial charge is 0.416 e. The summed E-state index contributed by atoms with van der Waals surface area (Å²) < 4.78 is 58.3. The molecule has 5 nitrogen and oxygen atoms in total. The van der Waals surface area contributed by atoms with Crippen LogP contribution in [0.1, 0.15) is 34.3 Å². The minimum Gasteiger partial charge on any atom is -0.486 e. The Balaban J connectivity index is 1.28. The van der Waals surface area contributed by atoms with E-state index in [0.29, 0.717) is 36.6 Å². The van der Waals surface area contributed by atoms with Crippen LogP contribution in [0, 0.1) is 5.82 Å². The molecule has 4 rings (SSSR count). The zero-order chi connectivity index (χ0) is 25.0. The SMILES string of the molecule is O=C(CCCO)c1ccc(-c2ccc(OC3CN(Cc4ccc(C(F)(F)F)cc4)C3)cn2)cc1F. The fourth-order valence-electron chi connectivity index (χ4n) is 3.87. The number of carbonyl (C=O) groups is 1. The number of likely N-dealkylation sites (tertiary alicyclic amines) is 1. The molecule has 1 saturated heterocycles. The minimum atomic E-state index is -4.34. The number of rotatable bonds is 9. The van der Waals surface area contributed by atoms with Gasteiger partial charge in [0, 0.05) is 38.2 Å². The topological polar surface area (TPSA) is 62.7 Å². The van der Waals surface area contributed by atoms with Gasteiger partial charge in [0.15, 0.2) is 5.78 Å². The number of Topliss-reactive ketones (excluding diaryl/α,β-unsaturated/α-hetero) is 1. The zero-order valence-electron chi connectivity index (χ0n) is 18.8. The Hall–Kier alpha value is -3.30. The largest absolute Gasteiger partial charge is 0.486 e. The van der Waals surface area contributed by atoms with Crippen molar-refractivity contribution in [3.05, 3.63) is 83.3 Å². The summed E-state index contributed by atoms with van der Waals surface area (Å²) in [5.41, 5.74) is 1.19. The monoisotopic (exact) mass is 488 g/mol. The number of alkyl halides is 3. The molecule has 1 aliphatic heterocycles. The van der Waals surface area contributed by atoms with Gasteiger partial charge in [-0.15, -0.1) is 0 Å². The first-order valence-corrected chi connectivity index (χ1v) is 11.2. The van der Waals surface area contributed by atoms with Crippen LogP contribution in [-0.2, 0) is 12.7 Å². The molecule has 0 radical (unpaired) electrons. The molecule has 35 heavy (non-hydrogen) atoms. The summed E-state index contributed by atoms with van der Waals surface area (Å²) in [6.45, 7) is 1.70. The van der Waals surface area contributed by atoms with Crippen molar-refractivity contribution in [1.29, 1.82) is 0 Å². The summed E-state index contributed by atoms with van der Waals surface area (Å²) in [4.78, 5) is 18.4. The highest BCUT2D eigenvalue weighted by Gasteiger charge is 2.31. The number of carbonyl (C=O) groups excluding carboxylic acids is 1. The lowest BCUT2D eigenvalue weighted by atomic mass is 10.0. The summed E-state index contributed by atoms with van der Waals surface area (Å²) in [6, 6.07) is 12.9. The molecule has 0 spiro atoms. The van der Waals surface area contributed by atoms with Gasteiger partial charge in [-0.25, -0.2) is 4.39 Å². The van der Waals surface area contributed by atoms with E-state index in [-0.39, 0.29) is 36.9 Å². The highest BCUT2D eigenvalue weighted by atomic mass is 19.4. The van der Waals surface area contributed by atoms with E-state index in [2.05, 4.69) is 9.88 Å². The number of benzene rings is 2. The molecule has 2 aromatic carbocycles. The average molecular weight is 488 g/mol. The van der Waals surface area contributed by atoms with E-state index in [1.54, 1.807) is 24.4 Å². The Bertz CT molecular complexity index is 1160. The molecule has 1 aromatic heterocycles. The Morgan fingerprint density at radius 1 is 1.09 bits per heavy atom. The van der Waals surface area contributed by atoms with Crippen LogP contribution < -0.4 is 4.74 Å². The predicted molar refractivity (Wildman–Crippen MR) is 121 cm³/mol. The van der Waals surface area contributed by atoms with Gasteiger partial charge < -0.3 is 9.84 Å². The van der Waals surface area contributed by atoms with Crippen molar-refractivity contribution in [3.63, 3.8) is 0 Å². The number of pyridine rings is 1. The van der Waals surface area contributed by atoms with Gasteiger partial charge in [0.1, 0.15) is 17.7 Å². The number of hydrogen-bond acceptors (Lipinski definition) is 5. The van der Waals surface area contributed by atoms with Crippen LogP contribution >= 0.6 is 0 Å². The fourth-order valence-corrected chi connectivity index (χ4v) is 3.87. The van der Waals surface area contributed by atoms with Gasteiger partial charge in [0.05, 0.1) is 23.0 Å². The van der Waals surface area contributed by atoms with Crippen molar-refractivity contribution < 1.29 is 32.2 Å². The molecular weight excluding hydrogens is 464 g/mol. The third-order valence-corrected chi connectivity index (χ3v) is 5.78. The molecule has 184 valence electrons. The van der Waals surface area contributed by atoms with Crippen molar-refractivity contribution in [1.82, 2.24) is 9.88 Å². The third-order valence-electron chi connectivity index (χ3n) is 5.78. The van der Waals surface area contributed by atoms with E-state index >= 15 is 0 Å². The van der Waals surface area contributed by atoms with E-state index < -0.39 is 17.6 Å². The number of halogens is 4. The second kappa shape index (κ2) is 10.5. The molecule has 0 unspecified atom stereocenters. The standard InChI is InChI=1S/C26H24F4N2O3/c27-23-12-18(5-9-22(23)25(34)2-1-11-33)24-10-8-20(13-31-24)35-21-15-32(16-21)14-17-3-6-19(7-4-17)26(28,29)30/h3-10,12-13,21,33H,1-2,11,14-16H2. The van der Waals surface area contributed by atoms with Gasteiger partial charge in [-0.1, -0.05) is 18.2 Å². The number of aliphatic hydroxyl groups is 1. The van der Waals surface area contributed by atoms with Gasteiger partial charge in [0.2, 0.25) is 0 Å². The van der Waals surface area contributed by atoms with Gasteiger partial charge >= 0.3 is 6.18 Å². The van der Waals surface area contributed by atoms with Gasteiger partial charge in [-0.05, 0) is 48.4 Å². The quantitative estimate of drug-likeness (QED) is 0.335. The molecule has 0 saturated carbocycles. The maximum atomic E-state index is 14.4. The number of aliphatic hydroxyl groups excluding tert-OH is 1. The van der Waals surface area contributed by atoms with Crippen molar-refractivity contribution in [2.24, 2.45) is 0 Å². The summed E-state index contributed by atoms with van der Waals surface area (Å²) in [5.74, 6) is -0.424. The van der Waals surface area contributed by atoms with Crippen molar-refractivity contribution in [3.8, 4) is 17.0 Å². The van der Waals surface area contributed by atoms with Gasteiger partial charge in [0.25, 0.3) is 0 Å². The lowest BCUT2D eigenvalue weighted by Crippen LogP contribution is -2.53. The number of nitrogens with zero attached hydrogens (tertiary/aromatic N) is 2. The lowest BCUT2D eigenvalue weighted by Gasteiger charge is -2.39. The second-order valence-electron chi connectivity index (χ2n) is 8.45. The molecular formula is C26H24F4N2O3. The van der Waals surface area contributed by atoms with Crippen LogP contribution in [-0.4, -0.2) is 46.6 Å². The molecule has 2 heterocycles. The molecule has 3 aromatic rings. The Labute approximate surface area is 200 Å². The zero-order valence-corrected chi connectivity index (χ0v) is 18.8. The average Bonchev–Trinajstić information content (AvgIpc) is 2.81. The summed E-state index contributed by atoms with van der Waals surface area (Å²) in [7, 11) is 0. The molecule has 1 fully saturated rings. The number of aromatic nitrogens is 1. The van der Waals surface area contributed by atoms with Crippen LogP contribution in [0.2, 0.25) is 0 Å². The van der Waals surface area contributed by atoms with E-state index in [1.807, 2.05) is 0 Å². The van der Waals surface area contributed by atoms with E-state index in [0.717, 1.165) is 17.7 Å². The van der Waals surface area contributed by atoms with Crippen LogP contribution in [0.25, 0.3) is 11.3 Å². The Morgan fingerprint density at radius 3 is 2.43 bits per heavy atom. The van der Waals surface area contributed by atoms with Crippen molar-refractivity contribution >= 4 is 5.78 Å². The molecule has 0 aliphatic carbocycles. The third kappa shape index (κ3) is 6.23.